The number of piperidine rings is 1. The van der Waals surface area contributed by atoms with Crippen molar-refractivity contribution in [1.82, 2.24) is 14.8 Å². The van der Waals surface area contributed by atoms with Crippen LogP contribution in [0.4, 0.5) is 0 Å². The predicted octanol–water partition coefficient (Wildman–Crippen LogP) is 2.35. The molecule has 6 nitrogen and oxygen atoms in total. The lowest BCUT2D eigenvalue weighted by Crippen LogP contribution is -2.47. The molecule has 0 unspecified atom stereocenters. The highest BCUT2D eigenvalue weighted by Crippen LogP contribution is 2.25. The number of pyridine rings is 1. The highest BCUT2D eigenvalue weighted by molar-refractivity contribution is 5.91. The first-order valence-corrected chi connectivity index (χ1v) is 9.28. The van der Waals surface area contributed by atoms with E-state index in [1.54, 1.807) is 18.4 Å². The van der Waals surface area contributed by atoms with E-state index in [1.807, 2.05) is 17.9 Å². The van der Waals surface area contributed by atoms with E-state index in [-0.39, 0.29) is 12.0 Å². The lowest BCUT2D eigenvalue weighted by Gasteiger charge is -2.37. The Balaban J connectivity index is 1.38. The molecule has 6 heteroatoms. The molecular formula is C20H25N3O3. The van der Waals surface area contributed by atoms with E-state index >= 15 is 0 Å². The Labute approximate surface area is 153 Å². The Morgan fingerprint density at radius 3 is 2.96 bits per heavy atom. The van der Waals surface area contributed by atoms with Crippen LogP contribution in [0, 0.1) is 12.8 Å². The highest BCUT2D eigenvalue weighted by atomic mass is 16.5. The molecule has 0 aliphatic carbocycles. The summed E-state index contributed by atoms with van der Waals surface area (Å²) >= 11 is 0. The number of fused-ring (bicyclic) bond motifs is 1. The van der Waals surface area contributed by atoms with Gasteiger partial charge in [0.25, 0.3) is 5.91 Å². The number of carbonyl (C=O) groups is 1. The molecule has 2 aromatic rings. The van der Waals surface area contributed by atoms with Gasteiger partial charge in [0.15, 0.2) is 5.76 Å². The molecule has 0 spiro atoms. The van der Waals surface area contributed by atoms with Gasteiger partial charge in [-0.05, 0) is 44.2 Å². The first-order chi connectivity index (χ1) is 12.7. The van der Waals surface area contributed by atoms with Crippen molar-refractivity contribution in [3.8, 4) is 0 Å². The number of amides is 1. The topological polar surface area (TPSA) is 58.8 Å². The summed E-state index contributed by atoms with van der Waals surface area (Å²) in [7, 11) is 0. The Morgan fingerprint density at radius 1 is 1.23 bits per heavy atom. The minimum absolute atomic E-state index is 0.0364. The quantitative estimate of drug-likeness (QED) is 0.846. The number of ether oxygens (including phenoxy) is 1. The van der Waals surface area contributed by atoms with Crippen molar-refractivity contribution < 1.29 is 13.9 Å². The fourth-order valence-corrected chi connectivity index (χ4v) is 3.92. The van der Waals surface area contributed by atoms with Gasteiger partial charge in [0, 0.05) is 37.8 Å². The zero-order valence-electron chi connectivity index (χ0n) is 15.1. The summed E-state index contributed by atoms with van der Waals surface area (Å²) in [6, 6.07) is 9.64. The number of carbonyl (C=O) groups excluding carboxylic acids is 1. The van der Waals surface area contributed by atoms with Crippen molar-refractivity contribution in [3.63, 3.8) is 0 Å². The lowest BCUT2D eigenvalue weighted by molar-refractivity contribution is -0.0244. The molecule has 2 aliphatic rings. The minimum Gasteiger partial charge on any atom is -0.459 e. The van der Waals surface area contributed by atoms with E-state index in [1.165, 1.54) is 0 Å². The summed E-state index contributed by atoms with van der Waals surface area (Å²) in [5, 5.41) is 0. The number of aromatic nitrogens is 1. The average molecular weight is 355 g/mol. The summed E-state index contributed by atoms with van der Waals surface area (Å²) in [4.78, 5) is 21.5. The molecule has 0 bridgehead atoms. The summed E-state index contributed by atoms with van der Waals surface area (Å²) < 4.78 is 11.4. The van der Waals surface area contributed by atoms with E-state index in [4.69, 9.17) is 9.15 Å². The molecule has 2 aliphatic heterocycles. The van der Waals surface area contributed by atoms with Gasteiger partial charge >= 0.3 is 0 Å². The van der Waals surface area contributed by atoms with Crippen LogP contribution in [0.25, 0.3) is 0 Å². The van der Waals surface area contributed by atoms with Gasteiger partial charge in [0.2, 0.25) is 0 Å². The standard InChI is InChI=1S/C20H25N3O3/c1-15-4-2-5-17(21-15)13-22-8-7-16-12-23(9-11-26-19(16)14-22)20(24)18-6-3-10-25-18/h2-6,10,16,19H,7-9,11-14H2,1H3/t16-,19-/m1/s1. The number of furan rings is 1. The third-order valence-corrected chi connectivity index (χ3v) is 5.28. The summed E-state index contributed by atoms with van der Waals surface area (Å²) in [6.07, 6.45) is 2.74. The van der Waals surface area contributed by atoms with Crippen molar-refractivity contribution in [2.75, 3.05) is 32.8 Å². The lowest BCUT2D eigenvalue weighted by atomic mass is 9.93. The van der Waals surface area contributed by atoms with Gasteiger partial charge in [0.1, 0.15) is 0 Å². The van der Waals surface area contributed by atoms with Gasteiger partial charge < -0.3 is 14.1 Å². The molecule has 2 atom stereocenters. The third kappa shape index (κ3) is 3.81. The van der Waals surface area contributed by atoms with E-state index < -0.39 is 0 Å². The second-order valence-corrected chi connectivity index (χ2v) is 7.19. The maximum Gasteiger partial charge on any atom is 0.289 e. The second kappa shape index (κ2) is 7.60. The third-order valence-electron chi connectivity index (χ3n) is 5.28. The van der Waals surface area contributed by atoms with Crippen molar-refractivity contribution in [2.45, 2.75) is 26.0 Å². The van der Waals surface area contributed by atoms with Gasteiger partial charge in [-0.25, -0.2) is 0 Å². The normalized spacial score (nSPS) is 24.1. The van der Waals surface area contributed by atoms with Gasteiger partial charge in [-0.3, -0.25) is 14.7 Å². The van der Waals surface area contributed by atoms with E-state index in [0.717, 1.165) is 44.0 Å². The SMILES string of the molecule is Cc1cccc(CN2CC[C@@H]3CN(C(=O)c4ccco4)CCO[C@@H]3C2)n1. The van der Waals surface area contributed by atoms with Crippen LogP contribution in [0.1, 0.15) is 28.4 Å². The smallest absolute Gasteiger partial charge is 0.289 e. The molecular weight excluding hydrogens is 330 g/mol. The largest absolute Gasteiger partial charge is 0.459 e. The van der Waals surface area contributed by atoms with Crippen molar-refractivity contribution in [2.24, 2.45) is 5.92 Å². The van der Waals surface area contributed by atoms with Crippen LogP contribution >= 0.6 is 0 Å². The fraction of sp³-hybridized carbons (Fsp3) is 0.500. The summed E-state index contributed by atoms with van der Waals surface area (Å²) in [5.74, 6) is 0.746. The first kappa shape index (κ1) is 17.2. The van der Waals surface area contributed by atoms with Crippen molar-refractivity contribution >= 4 is 5.91 Å². The predicted molar refractivity (Wildman–Crippen MR) is 96.7 cm³/mol. The zero-order chi connectivity index (χ0) is 17.9. The molecule has 2 fully saturated rings. The van der Waals surface area contributed by atoms with Crippen LogP contribution in [-0.4, -0.2) is 59.6 Å². The maximum atomic E-state index is 12.6. The van der Waals surface area contributed by atoms with Crippen LogP contribution in [0.15, 0.2) is 41.0 Å². The van der Waals surface area contributed by atoms with Gasteiger partial charge in [-0.2, -0.15) is 0 Å². The van der Waals surface area contributed by atoms with Crippen molar-refractivity contribution in [3.05, 3.63) is 53.7 Å². The Kier molecular flexibility index (Phi) is 5.04. The molecule has 4 rings (SSSR count). The number of aryl methyl sites for hydroxylation is 1. The van der Waals surface area contributed by atoms with Gasteiger partial charge in [-0.15, -0.1) is 0 Å². The monoisotopic (exact) mass is 355 g/mol. The summed E-state index contributed by atoms with van der Waals surface area (Å²) in [5.41, 5.74) is 2.15. The van der Waals surface area contributed by atoms with E-state index in [9.17, 15) is 4.79 Å². The number of rotatable bonds is 3. The van der Waals surface area contributed by atoms with Crippen LogP contribution < -0.4 is 0 Å². The number of hydrogen-bond donors (Lipinski definition) is 0. The first-order valence-electron chi connectivity index (χ1n) is 9.28. The van der Waals surface area contributed by atoms with Gasteiger partial charge in [-0.1, -0.05) is 6.07 Å². The molecule has 0 saturated carbocycles. The summed E-state index contributed by atoms with van der Waals surface area (Å²) in [6.45, 7) is 6.70. The average Bonchev–Trinajstić information content (AvgIpc) is 3.08. The zero-order valence-corrected chi connectivity index (χ0v) is 15.1. The van der Waals surface area contributed by atoms with Crippen molar-refractivity contribution in [1.29, 1.82) is 0 Å². The second-order valence-electron chi connectivity index (χ2n) is 7.19. The van der Waals surface area contributed by atoms with Gasteiger partial charge in [0.05, 0.1) is 24.7 Å². The number of hydrogen-bond acceptors (Lipinski definition) is 5. The molecule has 0 radical (unpaired) electrons. The van der Waals surface area contributed by atoms with Crippen LogP contribution in [0.2, 0.25) is 0 Å². The molecule has 2 aromatic heterocycles. The minimum atomic E-state index is -0.0364. The molecule has 26 heavy (non-hydrogen) atoms. The Hall–Kier alpha value is -2.18. The van der Waals surface area contributed by atoms with Crippen LogP contribution in [0.3, 0.4) is 0 Å². The molecule has 138 valence electrons. The molecule has 0 aromatic carbocycles. The molecule has 2 saturated heterocycles. The Bertz CT molecular complexity index is 747. The highest BCUT2D eigenvalue weighted by Gasteiger charge is 2.35. The molecule has 1 amide bonds. The fourth-order valence-electron chi connectivity index (χ4n) is 3.92. The molecule has 0 N–H and O–H groups in total. The molecule has 4 heterocycles. The number of likely N-dealkylation sites (tertiary alicyclic amines) is 1. The van der Waals surface area contributed by atoms with Crippen LogP contribution in [0.5, 0.6) is 0 Å². The Morgan fingerprint density at radius 2 is 2.15 bits per heavy atom. The van der Waals surface area contributed by atoms with E-state index in [2.05, 4.69) is 22.0 Å². The van der Waals surface area contributed by atoms with Crippen LogP contribution in [-0.2, 0) is 11.3 Å². The van der Waals surface area contributed by atoms with E-state index in [0.29, 0.717) is 24.8 Å². The maximum absolute atomic E-state index is 12.6. The number of nitrogens with zero attached hydrogens (tertiary/aromatic N) is 3.